The number of hydrogen-bond donors (Lipinski definition) is 0. The Balaban J connectivity index is 1.32. The van der Waals surface area contributed by atoms with Crippen LogP contribution in [0.15, 0.2) is 158 Å². The second-order valence-electron chi connectivity index (χ2n) is 15.9. The quantitative estimate of drug-likeness (QED) is 0.162. The molecular weight excluding hydrogens is 819 g/mol. The number of nitriles is 2. The highest BCUT2D eigenvalue weighted by Crippen LogP contribution is 2.45. The molecule has 0 aliphatic carbocycles. The lowest BCUT2D eigenvalue weighted by Crippen LogP contribution is -2.12. The van der Waals surface area contributed by atoms with Crippen LogP contribution in [0.2, 0.25) is 0 Å². The Morgan fingerprint density at radius 3 is 1.55 bits per heavy atom. The Morgan fingerprint density at radius 2 is 1.00 bits per heavy atom. The van der Waals surface area contributed by atoms with E-state index in [2.05, 4.69) is 60.0 Å². The minimum Gasteiger partial charge on any atom is -0.308 e. The van der Waals surface area contributed by atoms with Crippen LogP contribution in [0, 0.1) is 36.5 Å². The van der Waals surface area contributed by atoms with Crippen molar-refractivity contribution in [3.63, 3.8) is 0 Å². The maximum absolute atomic E-state index is 14.6. The Bertz CT molecular complexity index is 3650. The highest BCUT2D eigenvalue weighted by molar-refractivity contribution is 6.12. The van der Waals surface area contributed by atoms with Crippen LogP contribution in [0.3, 0.4) is 0 Å². The fraction of sp³-hybridized carbons (Fsp3) is 0.0741. The van der Waals surface area contributed by atoms with Crippen LogP contribution in [-0.2, 0) is 12.4 Å². The zero-order valence-electron chi connectivity index (χ0n) is 34.1. The second kappa shape index (κ2) is 14.8. The van der Waals surface area contributed by atoms with E-state index in [1.54, 1.807) is 24.3 Å². The molecule has 0 amide bonds. The first kappa shape index (κ1) is 40.0. The van der Waals surface area contributed by atoms with Gasteiger partial charge in [-0.05, 0) is 113 Å². The van der Waals surface area contributed by atoms with Gasteiger partial charge < -0.3 is 9.13 Å². The van der Waals surface area contributed by atoms with Gasteiger partial charge in [0, 0.05) is 21.5 Å². The number of alkyl halides is 6. The van der Waals surface area contributed by atoms with Gasteiger partial charge in [-0.3, -0.25) is 0 Å². The first-order valence-electron chi connectivity index (χ1n) is 20.3. The average molecular weight is 851 g/mol. The summed E-state index contributed by atoms with van der Waals surface area (Å²) in [4.78, 5) is 0. The van der Waals surface area contributed by atoms with E-state index in [0.29, 0.717) is 50.6 Å². The molecule has 0 spiro atoms. The molecule has 10 heteroatoms. The van der Waals surface area contributed by atoms with Crippen molar-refractivity contribution in [3.8, 4) is 56.9 Å². The van der Waals surface area contributed by atoms with Crippen molar-refractivity contribution in [1.82, 2.24) is 9.13 Å². The van der Waals surface area contributed by atoms with Crippen molar-refractivity contribution in [1.29, 1.82) is 10.5 Å². The van der Waals surface area contributed by atoms with Gasteiger partial charge in [0.25, 0.3) is 0 Å². The van der Waals surface area contributed by atoms with E-state index in [1.807, 2.05) is 78.2 Å². The molecular formula is C54H32F6N4. The number of aryl methyl sites for hydroxylation is 2. The number of nitrogens with zero attached hydrogens (tertiary/aromatic N) is 4. The van der Waals surface area contributed by atoms with Crippen LogP contribution in [0.25, 0.3) is 88.4 Å². The van der Waals surface area contributed by atoms with Crippen molar-refractivity contribution in [2.24, 2.45) is 0 Å². The number of hydrogen-bond acceptors (Lipinski definition) is 2. The fourth-order valence-corrected chi connectivity index (χ4v) is 9.15. The number of fused-ring (bicyclic) bond motifs is 6. The zero-order valence-corrected chi connectivity index (χ0v) is 34.1. The Labute approximate surface area is 362 Å². The molecule has 8 aromatic carbocycles. The van der Waals surface area contributed by atoms with E-state index in [1.165, 1.54) is 12.1 Å². The minimum absolute atomic E-state index is 0.0375. The number of rotatable bonds is 5. The maximum Gasteiger partial charge on any atom is 0.417 e. The van der Waals surface area contributed by atoms with E-state index in [0.717, 1.165) is 55.5 Å². The molecule has 0 saturated heterocycles. The van der Waals surface area contributed by atoms with Gasteiger partial charge >= 0.3 is 12.4 Å². The van der Waals surface area contributed by atoms with Gasteiger partial charge in [-0.15, -0.1) is 0 Å². The van der Waals surface area contributed by atoms with Gasteiger partial charge in [-0.1, -0.05) is 103 Å². The molecule has 10 aromatic rings. The second-order valence-corrected chi connectivity index (χ2v) is 15.9. The molecule has 0 atom stereocenters. The number of benzene rings is 8. The summed E-state index contributed by atoms with van der Waals surface area (Å²) in [7, 11) is 0. The van der Waals surface area contributed by atoms with Crippen molar-refractivity contribution >= 4 is 43.6 Å². The van der Waals surface area contributed by atoms with Crippen molar-refractivity contribution in [2.45, 2.75) is 26.2 Å². The monoisotopic (exact) mass is 850 g/mol. The van der Waals surface area contributed by atoms with Gasteiger partial charge in [0.1, 0.15) is 11.6 Å². The zero-order chi connectivity index (χ0) is 44.7. The summed E-state index contributed by atoms with van der Waals surface area (Å²) in [5, 5.41) is 24.7. The molecule has 0 aliphatic rings. The molecule has 310 valence electrons. The first-order valence-corrected chi connectivity index (χ1v) is 20.3. The fourth-order valence-electron chi connectivity index (χ4n) is 9.15. The third kappa shape index (κ3) is 6.54. The predicted octanol–water partition coefficient (Wildman–Crippen LogP) is 15.3. The molecule has 64 heavy (non-hydrogen) atoms. The van der Waals surface area contributed by atoms with Crippen LogP contribution < -0.4 is 0 Å². The molecule has 0 saturated carbocycles. The van der Waals surface area contributed by atoms with Gasteiger partial charge in [0.05, 0.1) is 56.2 Å². The Morgan fingerprint density at radius 1 is 0.438 bits per heavy atom. The van der Waals surface area contributed by atoms with E-state index >= 15 is 0 Å². The van der Waals surface area contributed by atoms with Crippen LogP contribution in [0.1, 0.15) is 33.4 Å². The molecule has 2 heterocycles. The summed E-state index contributed by atoms with van der Waals surface area (Å²) in [6.07, 6.45) is -10.1. The molecule has 2 aromatic heterocycles. The summed E-state index contributed by atoms with van der Waals surface area (Å²) >= 11 is 0. The summed E-state index contributed by atoms with van der Waals surface area (Å²) < 4.78 is 89.0. The summed E-state index contributed by atoms with van der Waals surface area (Å²) in [5.41, 5.74) is 6.70. The van der Waals surface area contributed by atoms with Gasteiger partial charge in [0.15, 0.2) is 0 Å². The maximum atomic E-state index is 14.6. The van der Waals surface area contributed by atoms with Crippen molar-refractivity contribution in [2.75, 3.05) is 0 Å². The van der Waals surface area contributed by atoms with Crippen LogP contribution in [-0.4, -0.2) is 9.13 Å². The molecule has 4 nitrogen and oxygen atoms in total. The largest absolute Gasteiger partial charge is 0.417 e. The van der Waals surface area contributed by atoms with Crippen LogP contribution >= 0.6 is 0 Å². The van der Waals surface area contributed by atoms with E-state index in [4.69, 9.17) is 0 Å². The molecule has 0 aliphatic heterocycles. The van der Waals surface area contributed by atoms with Gasteiger partial charge in [-0.25, -0.2) is 0 Å². The molecule has 0 radical (unpaired) electrons. The normalized spacial score (nSPS) is 12.0. The first-order chi connectivity index (χ1) is 30.7. The molecule has 0 fully saturated rings. The third-order valence-electron chi connectivity index (χ3n) is 12.0. The average Bonchev–Trinajstić information content (AvgIpc) is 3.79. The Kier molecular flexibility index (Phi) is 9.25. The smallest absolute Gasteiger partial charge is 0.308 e. The molecule has 0 N–H and O–H groups in total. The summed E-state index contributed by atoms with van der Waals surface area (Å²) in [6.45, 7) is 4.12. The minimum atomic E-state index is -5.10. The highest BCUT2D eigenvalue weighted by atomic mass is 19.4. The standard InChI is InChI=1S/C54H32F6N4/c1-31-14-18-39(32(2)22-31)35-15-19-43-41-10-3-5-12-47(41)63(49(43)24-35)51-26-37(34-9-7-8-33(23-34)29-61)27-52(45(51)30-62)64-48-13-6-4-11-42(48)44-20-16-36(25-50(44)64)40-21-17-38(53(55,56)57)28-46(40)54(58,59)60/h3-28H,1-2H3. The summed E-state index contributed by atoms with van der Waals surface area (Å²) in [5.74, 6) is 0. The number of para-hydroxylation sites is 2. The lowest BCUT2D eigenvalue weighted by atomic mass is 9.95. The molecule has 0 unspecified atom stereocenters. The van der Waals surface area contributed by atoms with Crippen molar-refractivity contribution < 1.29 is 26.3 Å². The van der Waals surface area contributed by atoms with E-state index in [9.17, 15) is 36.9 Å². The highest BCUT2D eigenvalue weighted by Gasteiger charge is 2.38. The van der Waals surface area contributed by atoms with Crippen LogP contribution in [0.5, 0.6) is 0 Å². The van der Waals surface area contributed by atoms with E-state index < -0.39 is 29.0 Å². The third-order valence-corrected chi connectivity index (χ3v) is 12.0. The topological polar surface area (TPSA) is 57.4 Å². The Hall–Kier alpha value is -8.08. The SMILES string of the molecule is Cc1ccc(-c2ccc3c4ccccc4n(-c4cc(-c5cccc(C#N)c5)cc(-n5c6ccccc6c6ccc(-c7ccc(C(F)(F)F)cc7C(F)(F)F)cc65)c4C#N)c3c2)c(C)c1. The number of aromatic nitrogens is 2. The summed E-state index contributed by atoms with van der Waals surface area (Å²) in [6, 6.07) is 49.8. The number of halogens is 6. The molecule has 0 bridgehead atoms. The van der Waals surface area contributed by atoms with Crippen molar-refractivity contribution in [3.05, 3.63) is 191 Å². The lowest BCUT2D eigenvalue weighted by Gasteiger charge is -2.19. The van der Waals surface area contributed by atoms with Crippen LogP contribution in [0.4, 0.5) is 26.3 Å². The van der Waals surface area contributed by atoms with Gasteiger partial charge in [0.2, 0.25) is 0 Å². The molecule has 10 rings (SSSR count). The van der Waals surface area contributed by atoms with E-state index in [-0.39, 0.29) is 17.2 Å². The van der Waals surface area contributed by atoms with Gasteiger partial charge in [-0.2, -0.15) is 36.9 Å². The lowest BCUT2D eigenvalue weighted by molar-refractivity contribution is -0.142. The predicted molar refractivity (Wildman–Crippen MR) is 240 cm³/mol.